The second-order valence-electron chi connectivity index (χ2n) is 5.57. The number of carbonyl (C=O) groups excluding carboxylic acids is 1. The van der Waals surface area contributed by atoms with Gasteiger partial charge in [0.05, 0.1) is 0 Å². The molecule has 3 rings (SSSR count). The van der Waals surface area contributed by atoms with Crippen LogP contribution in [0.4, 0.5) is 5.13 Å². The van der Waals surface area contributed by atoms with Crippen LogP contribution in [0.2, 0.25) is 0 Å². The average Bonchev–Trinajstić information content (AvgIpc) is 2.91. The average molecular weight is 306 g/mol. The summed E-state index contributed by atoms with van der Waals surface area (Å²) in [6, 6.07) is 0.153. The fourth-order valence-electron chi connectivity index (χ4n) is 2.76. The molecule has 2 fully saturated rings. The van der Waals surface area contributed by atoms with Crippen molar-refractivity contribution in [2.75, 3.05) is 18.5 Å². The molecule has 1 saturated heterocycles. The van der Waals surface area contributed by atoms with E-state index < -0.39 is 0 Å². The van der Waals surface area contributed by atoms with Crippen LogP contribution in [-0.4, -0.2) is 30.1 Å². The molecule has 0 radical (unpaired) electrons. The van der Waals surface area contributed by atoms with Crippen molar-refractivity contribution >= 4 is 22.4 Å². The lowest BCUT2D eigenvalue weighted by molar-refractivity contribution is -0.122. The Bertz CT molecular complexity index is 541. The summed E-state index contributed by atoms with van der Waals surface area (Å²) < 4.78 is 5.36. The van der Waals surface area contributed by atoms with Gasteiger partial charge in [-0.1, -0.05) is 0 Å². The summed E-state index contributed by atoms with van der Waals surface area (Å²) in [4.78, 5) is 17.6. The number of hydrogen-bond acceptors (Lipinski definition) is 6. The molecule has 2 N–H and O–H groups in total. The van der Waals surface area contributed by atoms with Crippen molar-refractivity contribution in [1.29, 1.82) is 5.26 Å². The minimum Gasteiger partial charge on any atom is -0.381 e. The summed E-state index contributed by atoms with van der Waals surface area (Å²) in [6.45, 7) is 1.61. The molecule has 2 aliphatic rings. The van der Waals surface area contributed by atoms with Gasteiger partial charge in [-0.25, -0.2) is 4.98 Å². The van der Waals surface area contributed by atoms with Gasteiger partial charge in [0, 0.05) is 36.2 Å². The lowest BCUT2D eigenvalue weighted by atomic mass is 9.80. The van der Waals surface area contributed by atoms with Crippen LogP contribution in [0.15, 0.2) is 6.20 Å². The summed E-state index contributed by atoms with van der Waals surface area (Å²) >= 11 is 1.56. The Morgan fingerprint density at radius 3 is 2.90 bits per heavy atom. The van der Waals surface area contributed by atoms with Crippen molar-refractivity contribution in [2.45, 2.75) is 37.6 Å². The molecule has 6 nitrogen and oxygen atoms in total. The zero-order valence-electron chi connectivity index (χ0n) is 11.7. The van der Waals surface area contributed by atoms with E-state index in [1.165, 1.54) is 4.88 Å². The van der Waals surface area contributed by atoms with Crippen molar-refractivity contribution in [3.63, 3.8) is 0 Å². The number of ether oxygens (including phenoxy) is 1. The summed E-state index contributed by atoms with van der Waals surface area (Å²) in [6.07, 6.45) is 7.28. The normalized spacial score (nSPS) is 25.7. The molecule has 1 saturated carbocycles. The van der Waals surface area contributed by atoms with Gasteiger partial charge in [0.2, 0.25) is 5.91 Å². The van der Waals surface area contributed by atoms with Crippen LogP contribution in [0.1, 0.15) is 36.5 Å². The van der Waals surface area contributed by atoms with Gasteiger partial charge in [0.25, 0.3) is 0 Å². The molecular formula is C14H18N4O2S. The third kappa shape index (κ3) is 3.34. The molecular weight excluding hydrogens is 288 g/mol. The zero-order valence-corrected chi connectivity index (χ0v) is 12.5. The van der Waals surface area contributed by atoms with Gasteiger partial charge in [-0.05, 0) is 31.6 Å². The van der Waals surface area contributed by atoms with Gasteiger partial charge >= 0.3 is 0 Å². The predicted octanol–water partition coefficient (Wildman–Crippen LogP) is 1.82. The first-order valence-corrected chi connectivity index (χ1v) is 8.07. The molecule has 1 aromatic rings. The highest BCUT2D eigenvalue weighted by molar-refractivity contribution is 7.15. The smallest absolute Gasteiger partial charge is 0.229 e. The molecule has 2 heterocycles. The summed E-state index contributed by atoms with van der Waals surface area (Å²) in [5.41, 5.74) is 0. The number of hydrogen-bond donors (Lipinski definition) is 2. The van der Waals surface area contributed by atoms with E-state index in [0.29, 0.717) is 11.0 Å². The maximum atomic E-state index is 12.1. The molecule has 0 bridgehead atoms. The fraction of sp³-hybridized carbons (Fsp3) is 0.643. The molecule has 1 amide bonds. The number of nitriles is 1. The lowest BCUT2D eigenvalue weighted by Crippen LogP contribution is -2.44. The molecule has 0 unspecified atom stereocenters. The quantitative estimate of drug-likeness (QED) is 0.654. The Hall–Kier alpha value is -1.65. The molecule has 0 spiro atoms. The van der Waals surface area contributed by atoms with Crippen molar-refractivity contribution < 1.29 is 9.53 Å². The fourth-order valence-corrected chi connectivity index (χ4v) is 3.75. The highest BCUT2D eigenvalue weighted by Gasteiger charge is 2.34. The molecule has 1 aromatic heterocycles. The molecule has 1 aliphatic heterocycles. The number of anilines is 1. The third-order valence-electron chi connectivity index (χ3n) is 4.15. The summed E-state index contributed by atoms with van der Waals surface area (Å²) in [5.74, 6) is 0.514. The van der Waals surface area contributed by atoms with E-state index in [2.05, 4.69) is 15.6 Å². The van der Waals surface area contributed by atoms with Gasteiger partial charge < -0.3 is 15.4 Å². The van der Waals surface area contributed by atoms with Crippen LogP contribution in [0.5, 0.6) is 0 Å². The highest BCUT2D eigenvalue weighted by Crippen LogP contribution is 2.34. The molecule has 7 heteroatoms. The first kappa shape index (κ1) is 14.3. The minimum atomic E-state index is -0.00807. The number of nitrogens with one attached hydrogen (secondary N) is 2. The van der Waals surface area contributed by atoms with Crippen molar-refractivity contribution in [3.8, 4) is 6.19 Å². The van der Waals surface area contributed by atoms with E-state index in [0.717, 1.165) is 38.9 Å². The van der Waals surface area contributed by atoms with Crippen LogP contribution in [0.25, 0.3) is 0 Å². The molecule has 0 aromatic carbocycles. The van der Waals surface area contributed by atoms with Gasteiger partial charge in [0.15, 0.2) is 11.3 Å². The topological polar surface area (TPSA) is 87.0 Å². The molecule has 112 valence electrons. The zero-order chi connectivity index (χ0) is 14.7. The second kappa shape index (κ2) is 6.41. The summed E-state index contributed by atoms with van der Waals surface area (Å²) in [7, 11) is 0. The minimum absolute atomic E-state index is 0.00807. The first-order chi connectivity index (χ1) is 10.3. The van der Waals surface area contributed by atoms with Crippen molar-refractivity contribution in [3.05, 3.63) is 11.1 Å². The maximum Gasteiger partial charge on any atom is 0.229 e. The van der Waals surface area contributed by atoms with E-state index in [4.69, 9.17) is 10.00 Å². The standard InChI is InChI=1S/C14H18N4O2S/c15-8-17-11-5-10(6-11)13(19)18-14-16-7-12(21-14)9-1-3-20-4-2-9/h7,9-11,17H,1-6H2,(H,16,18,19)/t10-,11-. The van der Waals surface area contributed by atoms with Crippen LogP contribution < -0.4 is 10.6 Å². The van der Waals surface area contributed by atoms with Crippen molar-refractivity contribution in [1.82, 2.24) is 10.3 Å². The Labute approximate surface area is 127 Å². The number of rotatable bonds is 4. The SMILES string of the molecule is N#CN[C@H]1C[C@H](C(=O)Nc2ncc(C3CCOCC3)s2)C1. The largest absolute Gasteiger partial charge is 0.381 e. The van der Waals surface area contributed by atoms with Gasteiger partial charge in [-0.15, -0.1) is 11.3 Å². The predicted molar refractivity (Wildman–Crippen MR) is 78.8 cm³/mol. The third-order valence-corrected chi connectivity index (χ3v) is 5.23. The number of thiazole rings is 1. The van der Waals surface area contributed by atoms with Crippen LogP contribution >= 0.6 is 11.3 Å². The van der Waals surface area contributed by atoms with E-state index in [9.17, 15) is 4.79 Å². The van der Waals surface area contributed by atoms with Gasteiger partial charge in [0.1, 0.15) is 0 Å². The number of carbonyl (C=O) groups is 1. The van der Waals surface area contributed by atoms with Gasteiger partial charge in [-0.2, -0.15) is 5.26 Å². The van der Waals surface area contributed by atoms with Crippen LogP contribution in [0.3, 0.4) is 0 Å². The molecule has 1 aliphatic carbocycles. The van der Waals surface area contributed by atoms with Crippen LogP contribution in [0, 0.1) is 17.4 Å². The van der Waals surface area contributed by atoms with E-state index in [1.807, 2.05) is 12.4 Å². The number of aromatic nitrogens is 1. The Morgan fingerprint density at radius 2 is 2.19 bits per heavy atom. The van der Waals surface area contributed by atoms with E-state index >= 15 is 0 Å². The number of nitrogens with zero attached hydrogens (tertiary/aromatic N) is 2. The maximum absolute atomic E-state index is 12.1. The Kier molecular flexibility index (Phi) is 4.36. The van der Waals surface area contributed by atoms with E-state index in [-0.39, 0.29) is 17.9 Å². The van der Waals surface area contributed by atoms with E-state index in [1.54, 1.807) is 11.3 Å². The Morgan fingerprint density at radius 1 is 1.43 bits per heavy atom. The van der Waals surface area contributed by atoms with Crippen LogP contribution in [-0.2, 0) is 9.53 Å². The molecule has 0 atom stereocenters. The Balaban J connectivity index is 1.50. The van der Waals surface area contributed by atoms with Crippen molar-refractivity contribution in [2.24, 2.45) is 5.92 Å². The lowest BCUT2D eigenvalue weighted by Gasteiger charge is -2.32. The molecule has 21 heavy (non-hydrogen) atoms. The monoisotopic (exact) mass is 306 g/mol. The van der Waals surface area contributed by atoms with Gasteiger partial charge in [-0.3, -0.25) is 4.79 Å². The highest BCUT2D eigenvalue weighted by atomic mass is 32.1. The summed E-state index contributed by atoms with van der Waals surface area (Å²) in [5, 5.41) is 14.8. The number of amides is 1. The second-order valence-corrected chi connectivity index (χ2v) is 6.63. The first-order valence-electron chi connectivity index (χ1n) is 7.25.